The largest absolute Gasteiger partial charge is 0.478 e. The van der Waals surface area contributed by atoms with Crippen LogP contribution in [0.15, 0.2) is 18.2 Å². The van der Waals surface area contributed by atoms with Crippen LogP contribution in [0, 0.1) is 0 Å². The Morgan fingerprint density at radius 1 is 1.25 bits per heavy atom. The first kappa shape index (κ1) is 16.3. The Kier molecular flexibility index (Phi) is 5.82. The van der Waals surface area contributed by atoms with Gasteiger partial charge in [0, 0.05) is 25.8 Å². The fourth-order valence-electron chi connectivity index (χ4n) is 1.89. The van der Waals surface area contributed by atoms with E-state index >= 15 is 0 Å². The zero-order valence-electron chi connectivity index (χ0n) is 11.9. The summed E-state index contributed by atoms with van der Waals surface area (Å²) >= 11 is 5.92. The number of nitrogens with zero attached hydrogens (tertiary/aromatic N) is 2. The monoisotopic (exact) mass is 298 g/mol. The van der Waals surface area contributed by atoms with E-state index in [-0.39, 0.29) is 23.0 Å². The number of rotatable bonds is 6. The summed E-state index contributed by atoms with van der Waals surface area (Å²) in [5.41, 5.74) is 0.763. The highest BCUT2D eigenvalue weighted by atomic mass is 35.5. The van der Waals surface area contributed by atoms with E-state index in [1.54, 1.807) is 29.0 Å². The van der Waals surface area contributed by atoms with Gasteiger partial charge in [0.15, 0.2) is 0 Å². The summed E-state index contributed by atoms with van der Waals surface area (Å²) in [6.07, 6.45) is 0. The zero-order chi connectivity index (χ0) is 15.3. The minimum atomic E-state index is -1.07. The number of hydrogen-bond acceptors (Lipinski definition) is 3. The molecule has 1 amide bonds. The maximum Gasteiger partial charge on any atom is 0.337 e. The number of carboxylic acids is 1. The van der Waals surface area contributed by atoms with E-state index in [9.17, 15) is 9.59 Å². The number of carbonyl (C=O) groups excluding carboxylic acids is 1. The quantitative estimate of drug-likeness (QED) is 0.876. The first-order valence-corrected chi connectivity index (χ1v) is 6.80. The standard InChI is InChI=1S/C14H19ClN2O3/c1-4-17(5-2)13(18)9-16(3)10-6-7-11(14(19)20)12(15)8-10/h6-8H,4-5,9H2,1-3H3,(H,19,20). The molecular weight excluding hydrogens is 280 g/mol. The lowest BCUT2D eigenvalue weighted by Gasteiger charge is -2.24. The number of anilines is 1. The van der Waals surface area contributed by atoms with E-state index in [0.717, 1.165) is 0 Å². The van der Waals surface area contributed by atoms with Crippen LogP contribution in [-0.2, 0) is 4.79 Å². The number of benzene rings is 1. The number of likely N-dealkylation sites (N-methyl/N-ethyl adjacent to an activating group) is 2. The Hall–Kier alpha value is -1.75. The molecule has 0 aliphatic carbocycles. The van der Waals surface area contributed by atoms with E-state index in [1.807, 2.05) is 13.8 Å². The molecular formula is C14H19ClN2O3. The van der Waals surface area contributed by atoms with Crippen LogP contribution in [0.5, 0.6) is 0 Å². The van der Waals surface area contributed by atoms with Gasteiger partial charge in [-0.2, -0.15) is 0 Å². The predicted octanol–water partition coefficient (Wildman–Crippen LogP) is 2.34. The molecule has 0 unspecified atom stereocenters. The van der Waals surface area contributed by atoms with Crippen molar-refractivity contribution in [1.82, 2.24) is 4.90 Å². The Labute approximate surface area is 123 Å². The van der Waals surface area contributed by atoms with Crippen LogP contribution in [0.3, 0.4) is 0 Å². The molecule has 0 saturated carbocycles. The molecule has 0 bridgehead atoms. The van der Waals surface area contributed by atoms with Crippen LogP contribution >= 0.6 is 11.6 Å². The van der Waals surface area contributed by atoms with E-state index in [0.29, 0.717) is 18.8 Å². The van der Waals surface area contributed by atoms with Crippen LogP contribution in [0.4, 0.5) is 5.69 Å². The summed E-state index contributed by atoms with van der Waals surface area (Å²) in [7, 11) is 1.77. The minimum Gasteiger partial charge on any atom is -0.478 e. The van der Waals surface area contributed by atoms with Gasteiger partial charge in [0.25, 0.3) is 0 Å². The Morgan fingerprint density at radius 3 is 2.30 bits per heavy atom. The molecule has 0 saturated heterocycles. The SMILES string of the molecule is CCN(CC)C(=O)CN(C)c1ccc(C(=O)O)c(Cl)c1. The molecule has 0 spiro atoms. The van der Waals surface area contributed by atoms with E-state index < -0.39 is 5.97 Å². The van der Waals surface area contributed by atoms with E-state index in [4.69, 9.17) is 16.7 Å². The molecule has 1 aromatic rings. The molecule has 0 atom stereocenters. The normalized spacial score (nSPS) is 10.2. The first-order valence-electron chi connectivity index (χ1n) is 6.42. The fourth-order valence-corrected chi connectivity index (χ4v) is 2.14. The zero-order valence-corrected chi connectivity index (χ0v) is 12.6. The predicted molar refractivity (Wildman–Crippen MR) is 79.6 cm³/mol. The van der Waals surface area contributed by atoms with Crippen LogP contribution < -0.4 is 4.90 Å². The summed E-state index contributed by atoms with van der Waals surface area (Å²) in [6, 6.07) is 4.64. The Balaban J connectivity index is 2.83. The van der Waals surface area contributed by atoms with Crippen molar-refractivity contribution in [1.29, 1.82) is 0 Å². The molecule has 0 radical (unpaired) electrons. The lowest BCUT2D eigenvalue weighted by Crippen LogP contribution is -2.38. The van der Waals surface area contributed by atoms with Gasteiger partial charge in [-0.05, 0) is 32.0 Å². The third-order valence-corrected chi connectivity index (χ3v) is 3.43. The molecule has 1 aromatic carbocycles. The number of hydrogen-bond donors (Lipinski definition) is 1. The van der Waals surface area contributed by atoms with Gasteiger partial charge in [0.2, 0.25) is 5.91 Å². The van der Waals surface area contributed by atoms with Crippen molar-refractivity contribution in [2.24, 2.45) is 0 Å². The molecule has 0 aliphatic rings. The third kappa shape index (κ3) is 3.87. The topological polar surface area (TPSA) is 60.9 Å². The summed E-state index contributed by atoms with van der Waals surface area (Å²) in [5, 5.41) is 9.08. The Morgan fingerprint density at radius 2 is 1.85 bits per heavy atom. The number of amides is 1. The van der Waals surface area contributed by atoms with Crippen molar-refractivity contribution in [3.8, 4) is 0 Å². The molecule has 20 heavy (non-hydrogen) atoms. The number of carboxylic acid groups (broad SMARTS) is 1. The molecule has 6 heteroatoms. The summed E-state index contributed by atoms with van der Waals surface area (Å²) in [6.45, 7) is 5.42. The van der Waals surface area contributed by atoms with Crippen molar-refractivity contribution in [2.45, 2.75) is 13.8 Å². The summed E-state index contributed by atoms with van der Waals surface area (Å²) < 4.78 is 0. The van der Waals surface area contributed by atoms with Crippen molar-refractivity contribution >= 4 is 29.2 Å². The molecule has 1 N–H and O–H groups in total. The lowest BCUT2D eigenvalue weighted by molar-refractivity contribution is -0.129. The number of aromatic carboxylic acids is 1. The van der Waals surface area contributed by atoms with Gasteiger partial charge < -0.3 is 14.9 Å². The van der Waals surface area contributed by atoms with Gasteiger partial charge in [0.05, 0.1) is 17.1 Å². The second kappa shape index (κ2) is 7.14. The van der Waals surface area contributed by atoms with Gasteiger partial charge in [-0.3, -0.25) is 4.79 Å². The molecule has 0 heterocycles. The van der Waals surface area contributed by atoms with Gasteiger partial charge in [-0.1, -0.05) is 11.6 Å². The molecule has 110 valence electrons. The van der Waals surface area contributed by atoms with Crippen molar-refractivity contribution in [3.63, 3.8) is 0 Å². The van der Waals surface area contributed by atoms with Crippen LogP contribution in [0.2, 0.25) is 5.02 Å². The van der Waals surface area contributed by atoms with Crippen LogP contribution in [-0.4, -0.2) is 48.6 Å². The smallest absolute Gasteiger partial charge is 0.337 e. The summed E-state index contributed by atoms with van der Waals surface area (Å²) in [4.78, 5) is 26.4. The van der Waals surface area contributed by atoms with Gasteiger partial charge in [0.1, 0.15) is 0 Å². The summed E-state index contributed by atoms with van der Waals surface area (Å²) in [5.74, 6) is -1.04. The lowest BCUT2D eigenvalue weighted by atomic mass is 10.2. The van der Waals surface area contributed by atoms with Crippen LogP contribution in [0.1, 0.15) is 24.2 Å². The second-order valence-electron chi connectivity index (χ2n) is 4.39. The molecule has 1 rings (SSSR count). The highest BCUT2D eigenvalue weighted by molar-refractivity contribution is 6.33. The van der Waals surface area contributed by atoms with Gasteiger partial charge in [-0.15, -0.1) is 0 Å². The third-order valence-electron chi connectivity index (χ3n) is 3.11. The van der Waals surface area contributed by atoms with E-state index in [2.05, 4.69) is 0 Å². The molecule has 0 aliphatic heterocycles. The molecule has 0 aromatic heterocycles. The maximum atomic E-state index is 12.0. The highest BCUT2D eigenvalue weighted by Crippen LogP contribution is 2.23. The number of carbonyl (C=O) groups is 2. The highest BCUT2D eigenvalue weighted by Gasteiger charge is 2.15. The first-order chi connectivity index (χ1) is 9.40. The second-order valence-corrected chi connectivity index (χ2v) is 4.80. The van der Waals surface area contributed by atoms with Gasteiger partial charge >= 0.3 is 5.97 Å². The minimum absolute atomic E-state index is 0.0240. The van der Waals surface area contributed by atoms with Crippen molar-refractivity contribution < 1.29 is 14.7 Å². The van der Waals surface area contributed by atoms with Crippen molar-refractivity contribution in [2.75, 3.05) is 31.6 Å². The van der Waals surface area contributed by atoms with Crippen molar-refractivity contribution in [3.05, 3.63) is 28.8 Å². The van der Waals surface area contributed by atoms with E-state index in [1.165, 1.54) is 6.07 Å². The molecule has 0 fully saturated rings. The Bertz CT molecular complexity index is 501. The average Bonchev–Trinajstić information content (AvgIpc) is 2.39. The molecule has 5 nitrogen and oxygen atoms in total. The van der Waals surface area contributed by atoms with Gasteiger partial charge in [-0.25, -0.2) is 4.79 Å². The number of halogens is 1. The fraction of sp³-hybridized carbons (Fsp3) is 0.429. The maximum absolute atomic E-state index is 12.0. The van der Waals surface area contributed by atoms with Crippen LogP contribution in [0.25, 0.3) is 0 Å². The average molecular weight is 299 g/mol.